The molecule has 2 aliphatic heterocycles. The van der Waals surface area contributed by atoms with Crippen LogP contribution in [-0.2, 0) is 89.9 Å². The van der Waals surface area contributed by atoms with Gasteiger partial charge in [-0.1, -0.05) is 168 Å². The molecular weight excluding hydrogens is 1280 g/mol. The Morgan fingerprint density at radius 1 is 0.421 bits per heavy atom. The number of carbonyl (C=O) groups is 10. The van der Waals surface area contributed by atoms with Crippen LogP contribution in [0, 0.1) is 0 Å². The second-order valence-corrected chi connectivity index (χ2v) is 30.5. The van der Waals surface area contributed by atoms with Gasteiger partial charge in [-0.25, -0.2) is 4.79 Å². The number of imide groups is 2. The molecule has 27 nitrogen and oxygen atoms in total. The molecule has 4 atom stereocenters. The van der Waals surface area contributed by atoms with E-state index in [1.54, 1.807) is 0 Å². The van der Waals surface area contributed by atoms with E-state index >= 15 is 0 Å². The van der Waals surface area contributed by atoms with Gasteiger partial charge in [0.1, 0.15) is 28.4 Å². The van der Waals surface area contributed by atoms with Gasteiger partial charge < -0.3 is 65.8 Å². The lowest BCUT2D eigenvalue weighted by molar-refractivity contribution is -0.868. The minimum Gasteiger partial charge on any atom is -0.778 e. The van der Waals surface area contributed by atoms with E-state index < -0.39 is 100 Å². The molecule has 0 aromatic carbocycles. The second-order valence-electron chi connectivity index (χ2n) is 26.6. The van der Waals surface area contributed by atoms with Gasteiger partial charge in [0.15, 0.2) is 12.2 Å². The van der Waals surface area contributed by atoms with Crippen LogP contribution < -0.4 is 9.79 Å². The Morgan fingerprint density at radius 2 is 0.705 bits per heavy atom. The number of ether oxygens (including phenoxy) is 4. The quantitative estimate of drug-likeness (QED) is 0.0109. The zero-order valence-corrected chi connectivity index (χ0v) is 60.6. The third-order valence-electron chi connectivity index (χ3n) is 15.2. The van der Waals surface area contributed by atoms with Gasteiger partial charge in [0, 0.05) is 64.2 Å². The lowest BCUT2D eigenvalue weighted by Crippen LogP contribution is -2.38. The normalized spacial score (nSPS) is 15.2. The Kier molecular flexibility index (Phi) is 50.6. The number of hydroxylamine groups is 4. The number of unbranched alkanes of at least 4 members (excludes halogenated alkanes) is 24. The Balaban J connectivity index is 0.00000167. The van der Waals surface area contributed by atoms with Gasteiger partial charge in [0.25, 0.3) is 23.6 Å². The molecular formula is C66H120N4O23P2. The van der Waals surface area contributed by atoms with Crippen molar-refractivity contribution >= 4 is 74.6 Å². The van der Waals surface area contributed by atoms with Crippen molar-refractivity contribution in [2.75, 3.05) is 94.1 Å². The smallest absolute Gasteiger partial charge is 0.333 e. The Morgan fingerprint density at radius 3 is 1.00 bits per heavy atom. The van der Waals surface area contributed by atoms with E-state index in [1.807, 2.05) is 42.3 Å². The van der Waals surface area contributed by atoms with Crippen molar-refractivity contribution < 1.29 is 119 Å². The van der Waals surface area contributed by atoms with Gasteiger partial charge in [-0.15, -0.1) is 5.06 Å². The number of rotatable bonds is 55. The molecule has 0 aromatic heterocycles. The molecule has 29 heteroatoms. The highest BCUT2D eigenvalue weighted by molar-refractivity contribution is 7.51. The number of nitrogens with zero attached hydrogens (tertiary/aromatic N) is 4. The number of quaternary nitrogens is 2. The van der Waals surface area contributed by atoms with Crippen molar-refractivity contribution in [3.05, 3.63) is 0 Å². The van der Waals surface area contributed by atoms with Crippen LogP contribution in [0.3, 0.4) is 0 Å². The maximum absolute atomic E-state index is 12.5. The van der Waals surface area contributed by atoms with Crippen LogP contribution in [0.2, 0.25) is 0 Å². The summed E-state index contributed by atoms with van der Waals surface area (Å²) in [5, 5.41) is 17.7. The first kappa shape index (κ1) is 90.3. The molecule has 0 spiro atoms. The van der Waals surface area contributed by atoms with Crippen LogP contribution >= 0.6 is 15.2 Å². The number of carboxylic acid groups (broad SMARTS) is 1. The van der Waals surface area contributed by atoms with Crippen LogP contribution in [0.25, 0.3) is 0 Å². The monoisotopic (exact) mass is 1400 g/mol. The van der Waals surface area contributed by atoms with E-state index in [1.165, 1.54) is 116 Å². The van der Waals surface area contributed by atoms with Gasteiger partial charge >= 0.3 is 35.8 Å². The zero-order chi connectivity index (χ0) is 71.6. The summed E-state index contributed by atoms with van der Waals surface area (Å²) >= 11 is 0. The van der Waals surface area contributed by atoms with Crippen molar-refractivity contribution in [2.24, 2.45) is 0 Å². The lowest BCUT2D eigenvalue weighted by atomic mass is 10.0. The predicted octanol–water partition coefficient (Wildman–Crippen LogP) is 9.95. The summed E-state index contributed by atoms with van der Waals surface area (Å²) < 4.78 is 56.9. The number of aliphatic carboxylic acids is 1. The fourth-order valence-corrected chi connectivity index (χ4v) is 12.0. The minimum absolute atomic E-state index is 0.0101. The van der Waals surface area contributed by atoms with Gasteiger partial charge in [-0.05, 0) is 25.7 Å². The molecule has 95 heavy (non-hydrogen) atoms. The van der Waals surface area contributed by atoms with Gasteiger partial charge in [0.2, 0.25) is 0 Å². The van der Waals surface area contributed by atoms with E-state index in [-0.39, 0.29) is 108 Å². The standard InChI is InChI=1S/C33H59N2O11P.C29H56NO9P.C4H5NO3/c1-5-6-7-8-9-10-11-12-13-14-15-16-17-19-31(38)43-26-28(27-44-47(41,42)25-24-35(2,3)4)45-32(39)20-18-21-33(40)46-34-29(36)22-23-30(34)37;1-5-6-7-8-9-10-11-12-13-14-15-16-17-20-28(33)37-24-26(39-29(34)21-18-19-27(31)32)25-38-40(35,36)23-22-30(2,3)4;6-3-1-2-4(7)5(3)8/h28H,5-27H2,1-4H3;26H,5-25H2,1-4H3,(H-,31,32,35,36);8H,1-2H2. The summed E-state index contributed by atoms with van der Waals surface area (Å²) in [7, 11) is 2.67. The number of carbonyl (C=O) groups excluding carboxylic acids is 9. The molecule has 2 heterocycles. The molecule has 2 fully saturated rings. The van der Waals surface area contributed by atoms with E-state index in [0.29, 0.717) is 40.0 Å². The Bertz CT molecular complexity index is 2300. The number of hydrogen-bond donors (Lipinski definition) is 2. The van der Waals surface area contributed by atoms with E-state index in [2.05, 4.69) is 13.8 Å². The topological polar surface area (TPSA) is 363 Å². The summed E-state index contributed by atoms with van der Waals surface area (Å²) in [6.45, 7) is 3.43. The van der Waals surface area contributed by atoms with Crippen LogP contribution in [0.5, 0.6) is 0 Å². The molecule has 2 saturated heterocycles. The number of hydrogen-bond acceptors (Lipinski definition) is 22. The summed E-state index contributed by atoms with van der Waals surface area (Å²) in [5.41, 5.74) is 0. The van der Waals surface area contributed by atoms with Gasteiger partial charge in [-0.2, -0.15) is 5.06 Å². The fourth-order valence-electron chi connectivity index (χ4n) is 9.31. The number of carboxylic acids is 1. The average Bonchev–Trinajstić information content (AvgIpc) is 1.90. The lowest BCUT2D eigenvalue weighted by Gasteiger charge is -2.30. The summed E-state index contributed by atoms with van der Waals surface area (Å²) in [6.07, 6.45) is 28.3. The van der Waals surface area contributed by atoms with E-state index in [9.17, 15) is 66.9 Å². The Labute approximate surface area is 565 Å². The maximum Gasteiger partial charge on any atom is 0.333 e. The number of amides is 4. The highest BCUT2D eigenvalue weighted by Crippen LogP contribution is 2.38. The third-order valence-corrected chi connectivity index (χ3v) is 17.8. The highest BCUT2D eigenvalue weighted by Gasteiger charge is 2.33. The molecule has 0 radical (unpaired) electrons. The van der Waals surface area contributed by atoms with Crippen molar-refractivity contribution in [1.29, 1.82) is 0 Å². The van der Waals surface area contributed by atoms with E-state index in [0.717, 1.165) is 38.5 Å². The van der Waals surface area contributed by atoms with Crippen LogP contribution in [0.4, 0.5) is 0 Å². The van der Waals surface area contributed by atoms with Gasteiger partial charge in [-0.3, -0.25) is 48.4 Å². The van der Waals surface area contributed by atoms with Crippen molar-refractivity contribution in [3.8, 4) is 0 Å². The molecule has 552 valence electrons. The fraction of sp³-hybridized carbons (Fsp3) is 0.848. The molecule has 0 aliphatic carbocycles. The van der Waals surface area contributed by atoms with Crippen LogP contribution in [-0.4, -0.2) is 195 Å². The SMILES string of the molecule is CCCCCCCCCCCCCCCC(=O)OCC(COP(=O)([O-])CC[N+](C)(C)C)OC(=O)CCCC(=O)O.CCCCCCCCCCCCCCCC(=O)OCC(COP(=O)([O-])CC[N+](C)(C)C)OC(=O)CCCC(=O)ON1C(=O)CCC1=O.O=C1CCC(=O)N1O. The minimum atomic E-state index is -4.26. The summed E-state index contributed by atoms with van der Waals surface area (Å²) in [5.74, 6) is -6.48. The second kappa shape index (κ2) is 53.3. The summed E-state index contributed by atoms with van der Waals surface area (Å²) in [6, 6.07) is 0. The maximum atomic E-state index is 12.5. The van der Waals surface area contributed by atoms with Crippen LogP contribution in [0.1, 0.15) is 258 Å². The average molecular weight is 1400 g/mol. The molecule has 4 unspecified atom stereocenters. The molecule has 4 amide bonds. The Hall–Kier alpha value is -4.72. The molecule has 2 rings (SSSR count). The van der Waals surface area contributed by atoms with Crippen molar-refractivity contribution in [2.45, 2.75) is 270 Å². The molecule has 2 aliphatic rings. The predicted molar refractivity (Wildman–Crippen MR) is 350 cm³/mol. The van der Waals surface area contributed by atoms with Crippen molar-refractivity contribution in [1.82, 2.24) is 10.1 Å². The summed E-state index contributed by atoms with van der Waals surface area (Å²) in [4.78, 5) is 145. The first-order valence-corrected chi connectivity index (χ1v) is 38.3. The first-order chi connectivity index (χ1) is 44.8. The first-order valence-electron chi connectivity index (χ1n) is 34.8. The number of esters is 4. The van der Waals surface area contributed by atoms with Crippen molar-refractivity contribution in [3.63, 3.8) is 0 Å². The molecule has 0 aromatic rings. The third kappa shape index (κ3) is 54.9. The van der Waals surface area contributed by atoms with Gasteiger partial charge in [0.05, 0.1) is 80.9 Å². The highest BCUT2D eigenvalue weighted by atomic mass is 31.2. The molecule has 0 saturated carbocycles. The largest absolute Gasteiger partial charge is 0.778 e. The van der Waals surface area contributed by atoms with Crippen LogP contribution in [0.15, 0.2) is 0 Å². The molecule has 2 N–H and O–H groups in total. The zero-order valence-electron chi connectivity index (χ0n) is 58.8. The molecule has 0 bridgehead atoms. The van der Waals surface area contributed by atoms with E-state index in [4.69, 9.17) is 43.1 Å².